The van der Waals surface area contributed by atoms with E-state index in [4.69, 9.17) is 12.2 Å². The Morgan fingerprint density at radius 3 is 1.65 bits per heavy atom. The van der Waals surface area contributed by atoms with E-state index in [2.05, 4.69) is 10.6 Å². The van der Waals surface area contributed by atoms with Crippen LogP contribution in [0, 0.1) is 0 Å². The predicted octanol–water partition coefficient (Wildman–Crippen LogP) is 0.154. The van der Waals surface area contributed by atoms with Gasteiger partial charge in [0.15, 0.2) is 5.11 Å². The molecule has 7 N–H and O–H groups in total. The standard InChI is InChI=1S/C27H39N5O10S/c1-28-27(43)29-18-8-6-17(7-9-18)10-19(30(12-22(33)34)13-23(35)36)11-31(14-24(37)38)20-4-2-3-5-21(20)32(15-25(39)40)16-26(41)42/h6-9,19-21H,2-5,10-16H2,1H3,(H,33,34)(H,35,36)(H,37,38)(H,39,40)(H,41,42)(H2,28,29,43)/t19-,20+,21-/m1/s1. The number of carboxylic acids is 5. The number of nitrogens with zero attached hydrogens (tertiary/aromatic N) is 3. The molecule has 16 heteroatoms. The van der Waals surface area contributed by atoms with Gasteiger partial charge in [-0.3, -0.25) is 38.7 Å². The van der Waals surface area contributed by atoms with Gasteiger partial charge < -0.3 is 36.2 Å². The lowest BCUT2D eigenvalue weighted by molar-refractivity contribution is -0.146. The Bertz CT molecular complexity index is 1120. The second kappa shape index (κ2) is 17.3. The zero-order valence-corrected chi connectivity index (χ0v) is 24.7. The normalized spacial score (nSPS) is 17.4. The Morgan fingerprint density at radius 2 is 1.21 bits per heavy atom. The molecular formula is C27H39N5O10S. The minimum absolute atomic E-state index is 0.0636. The van der Waals surface area contributed by atoms with E-state index in [1.54, 1.807) is 36.2 Å². The van der Waals surface area contributed by atoms with Crippen LogP contribution in [-0.2, 0) is 30.4 Å². The molecule has 0 unspecified atom stereocenters. The van der Waals surface area contributed by atoms with Crippen molar-refractivity contribution in [2.45, 2.75) is 50.2 Å². The largest absolute Gasteiger partial charge is 0.480 e. The third-order valence-corrected chi connectivity index (χ3v) is 7.50. The number of hydrogen-bond acceptors (Lipinski definition) is 9. The molecule has 1 fully saturated rings. The molecule has 2 rings (SSSR count). The van der Waals surface area contributed by atoms with E-state index in [-0.39, 0.29) is 13.0 Å². The van der Waals surface area contributed by atoms with Gasteiger partial charge in [0, 0.05) is 37.4 Å². The Labute approximate surface area is 254 Å². The summed E-state index contributed by atoms with van der Waals surface area (Å²) in [5.41, 5.74) is 1.41. The fourth-order valence-corrected chi connectivity index (χ4v) is 5.62. The minimum atomic E-state index is -1.26. The smallest absolute Gasteiger partial charge is 0.317 e. The molecule has 15 nitrogen and oxygen atoms in total. The minimum Gasteiger partial charge on any atom is -0.480 e. The van der Waals surface area contributed by atoms with E-state index < -0.39 is 80.7 Å². The highest BCUT2D eigenvalue weighted by atomic mass is 32.1. The molecule has 1 aromatic carbocycles. The lowest BCUT2D eigenvalue weighted by Crippen LogP contribution is -2.59. The van der Waals surface area contributed by atoms with Gasteiger partial charge in [0.2, 0.25) is 0 Å². The highest BCUT2D eigenvalue weighted by molar-refractivity contribution is 7.80. The number of carbonyl (C=O) groups is 5. The van der Waals surface area contributed by atoms with E-state index in [0.29, 0.717) is 36.5 Å². The molecule has 0 heterocycles. The molecule has 0 radical (unpaired) electrons. The maximum absolute atomic E-state index is 12.0. The first-order chi connectivity index (χ1) is 20.3. The molecule has 0 aromatic heterocycles. The van der Waals surface area contributed by atoms with Crippen molar-refractivity contribution in [3.63, 3.8) is 0 Å². The summed E-state index contributed by atoms with van der Waals surface area (Å²) in [5.74, 6) is -6.17. The molecule has 0 saturated heterocycles. The molecule has 1 saturated carbocycles. The number of benzene rings is 1. The average molecular weight is 626 g/mol. The molecule has 0 bridgehead atoms. The van der Waals surface area contributed by atoms with Crippen molar-refractivity contribution in [1.82, 2.24) is 20.0 Å². The van der Waals surface area contributed by atoms with Crippen LogP contribution >= 0.6 is 12.2 Å². The third-order valence-electron chi connectivity index (χ3n) is 7.20. The number of aliphatic carboxylic acids is 5. The number of nitrogens with one attached hydrogen (secondary N) is 2. The van der Waals surface area contributed by atoms with Crippen molar-refractivity contribution < 1.29 is 49.5 Å². The maximum atomic E-state index is 12.0. The van der Waals surface area contributed by atoms with Crippen molar-refractivity contribution in [1.29, 1.82) is 0 Å². The topological polar surface area (TPSA) is 220 Å². The summed E-state index contributed by atoms with van der Waals surface area (Å²) < 4.78 is 0. The first-order valence-electron chi connectivity index (χ1n) is 13.7. The van der Waals surface area contributed by atoms with Crippen molar-refractivity contribution in [2.75, 3.05) is 51.6 Å². The molecule has 0 aliphatic heterocycles. The summed E-state index contributed by atoms with van der Waals surface area (Å²) >= 11 is 5.11. The number of thiocarbonyl (C=S) groups is 1. The monoisotopic (exact) mass is 625 g/mol. The summed E-state index contributed by atoms with van der Waals surface area (Å²) in [7, 11) is 1.66. The molecule has 1 aromatic rings. The first-order valence-corrected chi connectivity index (χ1v) is 14.1. The van der Waals surface area contributed by atoms with E-state index in [9.17, 15) is 49.5 Å². The molecule has 3 atom stereocenters. The van der Waals surface area contributed by atoms with Gasteiger partial charge >= 0.3 is 29.8 Å². The van der Waals surface area contributed by atoms with Gasteiger partial charge in [-0.05, 0) is 49.2 Å². The maximum Gasteiger partial charge on any atom is 0.317 e. The number of carboxylic acid groups (broad SMARTS) is 5. The van der Waals surface area contributed by atoms with Crippen LogP contribution < -0.4 is 10.6 Å². The number of rotatable bonds is 18. The van der Waals surface area contributed by atoms with E-state index in [0.717, 1.165) is 5.56 Å². The molecule has 1 aliphatic rings. The SMILES string of the molecule is CNC(=S)Nc1ccc(C[C@H](CN(CC(=O)O)[C@H]2CCCC[C@H]2N(CC(=O)O)CC(=O)O)N(CC(=O)O)CC(=O)O)cc1. The quantitative estimate of drug-likeness (QED) is 0.108. The van der Waals surface area contributed by atoms with Gasteiger partial charge in [0.1, 0.15) is 0 Å². The van der Waals surface area contributed by atoms with Crippen LogP contribution in [0.25, 0.3) is 0 Å². The van der Waals surface area contributed by atoms with Crippen LogP contribution in [0.1, 0.15) is 31.2 Å². The predicted molar refractivity (Wildman–Crippen MR) is 158 cm³/mol. The van der Waals surface area contributed by atoms with Gasteiger partial charge in [-0.2, -0.15) is 0 Å². The van der Waals surface area contributed by atoms with Crippen LogP contribution in [0.2, 0.25) is 0 Å². The average Bonchev–Trinajstić information content (AvgIpc) is 2.91. The van der Waals surface area contributed by atoms with Crippen LogP contribution in [0.15, 0.2) is 24.3 Å². The number of hydrogen-bond donors (Lipinski definition) is 7. The van der Waals surface area contributed by atoms with Crippen molar-refractivity contribution in [3.05, 3.63) is 29.8 Å². The lowest BCUT2D eigenvalue weighted by Gasteiger charge is -2.45. The Hall–Kier alpha value is -3.86. The summed E-state index contributed by atoms with van der Waals surface area (Å²) in [4.78, 5) is 62.9. The highest BCUT2D eigenvalue weighted by Crippen LogP contribution is 2.28. The fraction of sp³-hybridized carbons (Fsp3) is 0.556. The second-order valence-electron chi connectivity index (χ2n) is 10.4. The number of anilines is 1. The van der Waals surface area contributed by atoms with E-state index in [1.807, 2.05) is 0 Å². The van der Waals surface area contributed by atoms with Crippen LogP contribution in [0.5, 0.6) is 0 Å². The molecule has 0 amide bonds. The van der Waals surface area contributed by atoms with Crippen molar-refractivity contribution in [2.24, 2.45) is 0 Å². The molecule has 43 heavy (non-hydrogen) atoms. The van der Waals surface area contributed by atoms with Crippen LogP contribution in [-0.4, -0.2) is 140 Å². The van der Waals surface area contributed by atoms with Crippen LogP contribution in [0.3, 0.4) is 0 Å². The molecular weight excluding hydrogens is 586 g/mol. The van der Waals surface area contributed by atoms with Crippen LogP contribution in [0.4, 0.5) is 5.69 Å². The fourth-order valence-electron chi connectivity index (χ4n) is 5.50. The van der Waals surface area contributed by atoms with E-state index >= 15 is 0 Å². The third kappa shape index (κ3) is 12.5. The lowest BCUT2D eigenvalue weighted by atomic mass is 9.87. The zero-order chi connectivity index (χ0) is 32.1. The highest BCUT2D eigenvalue weighted by Gasteiger charge is 2.38. The first kappa shape index (κ1) is 35.3. The van der Waals surface area contributed by atoms with Gasteiger partial charge in [0.05, 0.1) is 32.7 Å². The Morgan fingerprint density at radius 1 is 0.767 bits per heavy atom. The van der Waals surface area contributed by atoms with Gasteiger partial charge in [-0.1, -0.05) is 25.0 Å². The van der Waals surface area contributed by atoms with Gasteiger partial charge in [0.25, 0.3) is 0 Å². The summed E-state index contributed by atoms with van der Waals surface area (Å²) in [6.45, 7) is -2.91. The second-order valence-corrected chi connectivity index (χ2v) is 10.8. The summed E-state index contributed by atoms with van der Waals surface area (Å²) in [6, 6.07) is 5.07. The zero-order valence-electron chi connectivity index (χ0n) is 23.8. The van der Waals surface area contributed by atoms with Gasteiger partial charge in [-0.15, -0.1) is 0 Å². The van der Waals surface area contributed by atoms with E-state index in [1.165, 1.54) is 9.80 Å². The molecule has 0 spiro atoms. The summed E-state index contributed by atoms with van der Waals surface area (Å²) in [5, 5.41) is 54.1. The molecule has 238 valence electrons. The van der Waals surface area contributed by atoms with Crippen molar-refractivity contribution in [3.8, 4) is 0 Å². The van der Waals surface area contributed by atoms with Gasteiger partial charge in [-0.25, -0.2) is 0 Å². The molecule has 1 aliphatic carbocycles. The van der Waals surface area contributed by atoms with Crippen molar-refractivity contribution >= 4 is 52.9 Å². The summed E-state index contributed by atoms with van der Waals surface area (Å²) in [6.07, 6.45) is 2.42. The Kier molecular flexibility index (Phi) is 14.2. The Balaban J connectivity index is 2.49.